The fourth-order valence-electron chi connectivity index (χ4n) is 3.27. The molecular formula is C11H21N. The molecule has 2 aliphatic carbocycles. The molecule has 12 heavy (non-hydrogen) atoms. The first-order valence-corrected chi connectivity index (χ1v) is 5.54. The Morgan fingerprint density at radius 1 is 1.08 bits per heavy atom. The van der Waals surface area contributed by atoms with E-state index in [0.29, 0.717) is 0 Å². The fourth-order valence-corrected chi connectivity index (χ4v) is 3.27. The monoisotopic (exact) mass is 167 g/mol. The van der Waals surface area contributed by atoms with Crippen molar-refractivity contribution in [2.24, 2.45) is 17.8 Å². The van der Waals surface area contributed by atoms with Crippen LogP contribution in [0.2, 0.25) is 0 Å². The van der Waals surface area contributed by atoms with Gasteiger partial charge in [-0.3, -0.25) is 0 Å². The third-order valence-electron chi connectivity index (χ3n) is 3.89. The van der Waals surface area contributed by atoms with Crippen LogP contribution in [0.1, 0.15) is 38.5 Å². The highest BCUT2D eigenvalue weighted by molar-refractivity contribution is 4.85. The second kappa shape index (κ2) is 3.78. The Labute approximate surface area is 75.9 Å². The highest BCUT2D eigenvalue weighted by Gasteiger charge is 2.33. The van der Waals surface area contributed by atoms with Gasteiger partial charge in [0, 0.05) is 0 Å². The van der Waals surface area contributed by atoms with E-state index in [1.54, 1.807) is 0 Å². The molecule has 0 aromatic carbocycles. The fraction of sp³-hybridized carbons (Fsp3) is 1.00. The van der Waals surface area contributed by atoms with E-state index in [1.807, 2.05) is 0 Å². The zero-order chi connectivity index (χ0) is 8.39. The van der Waals surface area contributed by atoms with Crippen molar-refractivity contribution in [2.75, 3.05) is 13.6 Å². The van der Waals surface area contributed by atoms with Crippen molar-refractivity contribution >= 4 is 0 Å². The maximum atomic E-state index is 3.32. The van der Waals surface area contributed by atoms with Crippen molar-refractivity contribution in [1.82, 2.24) is 5.32 Å². The molecular weight excluding hydrogens is 146 g/mol. The first kappa shape index (κ1) is 8.55. The molecule has 2 aliphatic rings. The average molecular weight is 167 g/mol. The van der Waals surface area contributed by atoms with E-state index in [4.69, 9.17) is 0 Å². The summed E-state index contributed by atoms with van der Waals surface area (Å²) in [5, 5.41) is 3.32. The minimum Gasteiger partial charge on any atom is -0.319 e. The highest BCUT2D eigenvalue weighted by atomic mass is 14.8. The van der Waals surface area contributed by atoms with Crippen molar-refractivity contribution in [3.8, 4) is 0 Å². The SMILES string of the molecule is CNCC1CCC2CCCC2C1. The Kier molecular flexibility index (Phi) is 2.69. The molecule has 0 amide bonds. The summed E-state index contributed by atoms with van der Waals surface area (Å²) in [6.45, 7) is 1.25. The van der Waals surface area contributed by atoms with E-state index < -0.39 is 0 Å². The minimum absolute atomic E-state index is 0.995. The zero-order valence-electron chi connectivity index (χ0n) is 8.18. The lowest BCUT2D eigenvalue weighted by Crippen LogP contribution is -2.27. The van der Waals surface area contributed by atoms with Crippen LogP contribution in [-0.2, 0) is 0 Å². The Bertz CT molecular complexity index is 144. The van der Waals surface area contributed by atoms with Crippen LogP contribution in [0.3, 0.4) is 0 Å². The van der Waals surface area contributed by atoms with Gasteiger partial charge in [-0.25, -0.2) is 0 Å². The van der Waals surface area contributed by atoms with Gasteiger partial charge in [0.2, 0.25) is 0 Å². The van der Waals surface area contributed by atoms with E-state index in [9.17, 15) is 0 Å². The van der Waals surface area contributed by atoms with Gasteiger partial charge < -0.3 is 5.32 Å². The lowest BCUT2D eigenvalue weighted by atomic mass is 9.76. The normalized spacial score (nSPS) is 41.2. The molecule has 1 heteroatoms. The average Bonchev–Trinajstić information content (AvgIpc) is 2.51. The molecule has 0 heterocycles. The van der Waals surface area contributed by atoms with Gasteiger partial charge >= 0.3 is 0 Å². The first-order chi connectivity index (χ1) is 5.90. The molecule has 0 aromatic heterocycles. The maximum absolute atomic E-state index is 3.32. The van der Waals surface area contributed by atoms with Crippen LogP contribution in [0.15, 0.2) is 0 Å². The number of fused-ring (bicyclic) bond motifs is 1. The Balaban J connectivity index is 1.84. The lowest BCUT2D eigenvalue weighted by molar-refractivity contribution is 0.207. The maximum Gasteiger partial charge on any atom is -0.00234 e. The molecule has 0 aromatic rings. The highest BCUT2D eigenvalue weighted by Crippen LogP contribution is 2.43. The van der Waals surface area contributed by atoms with Crippen molar-refractivity contribution in [2.45, 2.75) is 38.5 Å². The molecule has 2 rings (SSSR count). The van der Waals surface area contributed by atoms with Gasteiger partial charge in [-0.15, -0.1) is 0 Å². The number of nitrogens with one attached hydrogen (secondary N) is 1. The summed E-state index contributed by atoms with van der Waals surface area (Å²) in [5.41, 5.74) is 0. The molecule has 3 atom stereocenters. The van der Waals surface area contributed by atoms with E-state index in [-0.39, 0.29) is 0 Å². The Hall–Kier alpha value is -0.0400. The van der Waals surface area contributed by atoms with Gasteiger partial charge in [0.25, 0.3) is 0 Å². The summed E-state index contributed by atoms with van der Waals surface area (Å²) in [5.74, 6) is 3.23. The summed E-state index contributed by atoms with van der Waals surface area (Å²) in [6.07, 6.45) is 9.12. The van der Waals surface area contributed by atoms with Crippen molar-refractivity contribution in [3.63, 3.8) is 0 Å². The summed E-state index contributed by atoms with van der Waals surface area (Å²) in [7, 11) is 2.08. The molecule has 0 saturated heterocycles. The number of rotatable bonds is 2. The van der Waals surface area contributed by atoms with Crippen LogP contribution in [0.4, 0.5) is 0 Å². The molecule has 1 nitrogen and oxygen atoms in total. The van der Waals surface area contributed by atoms with E-state index in [0.717, 1.165) is 17.8 Å². The van der Waals surface area contributed by atoms with Gasteiger partial charge in [-0.05, 0) is 50.6 Å². The van der Waals surface area contributed by atoms with Crippen molar-refractivity contribution in [1.29, 1.82) is 0 Å². The van der Waals surface area contributed by atoms with Crippen molar-refractivity contribution in [3.05, 3.63) is 0 Å². The molecule has 0 aliphatic heterocycles. The largest absolute Gasteiger partial charge is 0.319 e. The van der Waals surface area contributed by atoms with Gasteiger partial charge in [0.1, 0.15) is 0 Å². The molecule has 2 fully saturated rings. The quantitative estimate of drug-likeness (QED) is 0.666. The molecule has 2 saturated carbocycles. The van der Waals surface area contributed by atoms with Crippen LogP contribution in [0.25, 0.3) is 0 Å². The minimum atomic E-state index is 0.995. The Morgan fingerprint density at radius 3 is 2.75 bits per heavy atom. The molecule has 0 radical (unpaired) electrons. The predicted octanol–water partition coefficient (Wildman–Crippen LogP) is 2.42. The summed E-state index contributed by atoms with van der Waals surface area (Å²) in [6, 6.07) is 0. The summed E-state index contributed by atoms with van der Waals surface area (Å²) >= 11 is 0. The molecule has 0 spiro atoms. The first-order valence-electron chi connectivity index (χ1n) is 5.54. The number of hydrogen-bond acceptors (Lipinski definition) is 1. The second-order valence-electron chi connectivity index (χ2n) is 4.69. The summed E-state index contributed by atoms with van der Waals surface area (Å²) < 4.78 is 0. The number of hydrogen-bond donors (Lipinski definition) is 1. The van der Waals surface area contributed by atoms with Gasteiger partial charge in [-0.1, -0.05) is 19.3 Å². The molecule has 3 unspecified atom stereocenters. The smallest absolute Gasteiger partial charge is 0.00234 e. The Morgan fingerprint density at radius 2 is 1.92 bits per heavy atom. The molecule has 70 valence electrons. The van der Waals surface area contributed by atoms with Crippen molar-refractivity contribution < 1.29 is 0 Å². The predicted molar refractivity (Wildman–Crippen MR) is 52.1 cm³/mol. The van der Waals surface area contributed by atoms with Crippen LogP contribution in [-0.4, -0.2) is 13.6 Å². The van der Waals surface area contributed by atoms with Crippen LogP contribution in [0, 0.1) is 17.8 Å². The van der Waals surface area contributed by atoms with Crippen LogP contribution >= 0.6 is 0 Å². The van der Waals surface area contributed by atoms with Gasteiger partial charge in [-0.2, -0.15) is 0 Å². The van der Waals surface area contributed by atoms with Crippen LogP contribution < -0.4 is 5.32 Å². The third-order valence-corrected chi connectivity index (χ3v) is 3.89. The zero-order valence-corrected chi connectivity index (χ0v) is 8.18. The topological polar surface area (TPSA) is 12.0 Å². The molecule has 0 bridgehead atoms. The summed E-state index contributed by atoms with van der Waals surface area (Å²) in [4.78, 5) is 0. The lowest BCUT2D eigenvalue weighted by Gasteiger charge is -2.31. The molecule has 1 N–H and O–H groups in total. The van der Waals surface area contributed by atoms with E-state index in [1.165, 1.54) is 45.1 Å². The van der Waals surface area contributed by atoms with Gasteiger partial charge in [0.15, 0.2) is 0 Å². The second-order valence-corrected chi connectivity index (χ2v) is 4.69. The standard InChI is InChI=1S/C11H21N/c1-12-8-9-5-6-10-3-2-4-11(10)7-9/h9-12H,2-8H2,1H3. The van der Waals surface area contributed by atoms with Gasteiger partial charge in [0.05, 0.1) is 0 Å². The third kappa shape index (κ3) is 1.66. The van der Waals surface area contributed by atoms with Crippen LogP contribution in [0.5, 0.6) is 0 Å². The van der Waals surface area contributed by atoms with E-state index in [2.05, 4.69) is 12.4 Å². The van der Waals surface area contributed by atoms with E-state index >= 15 is 0 Å².